The van der Waals surface area contributed by atoms with Crippen LogP contribution in [0.2, 0.25) is 0 Å². The highest BCUT2D eigenvalue weighted by molar-refractivity contribution is 6.37. The second kappa shape index (κ2) is 9.19. The van der Waals surface area contributed by atoms with Crippen molar-refractivity contribution >= 4 is 17.9 Å². The number of aromatic nitrogens is 3. The zero-order chi connectivity index (χ0) is 22.6. The normalized spacial score (nSPS) is 16.0. The van der Waals surface area contributed by atoms with E-state index in [0.717, 1.165) is 25.7 Å². The van der Waals surface area contributed by atoms with Crippen LogP contribution in [0.1, 0.15) is 42.8 Å². The third kappa shape index (κ3) is 4.62. The second-order valence-corrected chi connectivity index (χ2v) is 7.71. The number of benzene rings is 1. The van der Waals surface area contributed by atoms with Gasteiger partial charge in [-0.25, -0.2) is 14.4 Å². The SMILES string of the molecule is N/N=C(\C=NCc1cccc(C2(O)CCCC2)n1)c1cc(-c2ccccc2F)nc(N)n1. The van der Waals surface area contributed by atoms with Gasteiger partial charge in [0.15, 0.2) is 0 Å². The van der Waals surface area contributed by atoms with Crippen LogP contribution in [0.5, 0.6) is 0 Å². The Morgan fingerprint density at radius 2 is 1.88 bits per heavy atom. The Bertz CT molecular complexity index is 1170. The van der Waals surface area contributed by atoms with Crippen molar-refractivity contribution < 1.29 is 9.50 Å². The number of anilines is 1. The van der Waals surface area contributed by atoms with E-state index in [-0.39, 0.29) is 18.2 Å². The lowest BCUT2D eigenvalue weighted by Gasteiger charge is -2.21. The summed E-state index contributed by atoms with van der Waals surface area (Å²) in [6.45, 7) is 0.268. The lowest BCUT2D eigenvalue weighted by Crippen LogP contribution is -2.22. The Morgan fingerprint density at radius 1 is 1.09 bits per heavy atom. The van der Waals surface area contributed by atoms with Crippen molar-refractivity contribution in [1.29, 1.82) is 0 Å². The van der Waals surface area contributed by atoms with Gasteiger partial charge in [0.25, 0.3) is 0 Å². The molecule has 0 unspecified atom stereocenters. The maximum atomic E-state index is 14.2. The third-order valence-electron chi connectivity index (χ3n) is 5.48. The van der Waals surface area contributed by atoms with Gasteiger partial charge in [-0.2, -0.15) is 5.10 Å². The lowest BCUT2D eigenvalue weighted by atomic mass is 9.97. The molecule has 0 aliphatic heterocycles. The van der Waals surface area contributed by atoms with Crippen LogP contribution in [0.15, 0.2) is 58.6 Å². The monoisotopic (exact) mass is 433 g/mol. The molecule has 0 radical (unpaired) electrons. The molecule has 3 aromatic rings. The van der Waals surface area contributed by atoms with E-state index in [2.05, 4.69) is 25.0 Å². The second-order valence-electron chi connectivity index (χ2n) is 7.71. The Morgan fingerprint density at radius 3 is 2.62 bits per heavy atom. The first kappa shape index (κ1) is 21.5. The van der Waals surface area contributed by atoms with Crippen molar-refractivity contribution in [1.82, 2.24) is 15.0 Å². The molecule has 1 saturated carbocycles. The molecule has 5 N–H and O–H groups in total. The minimum absolute atomic E-state index is 0.0329. The van der Waals surface area contributed by atoms with Crippen LogP contribution in [0.25, 0.3) is 11.3 Å². The highest BCUT2D eigenvalue weighted by Crippen LogP contribution is 2.37. The maximum Gasteiger partial charge on any atom is 0.221 e. The first-order chi connectivity index (χ1) is 15.5. The number of hydrogen-bond donors (Lipinski definition) is 3. The van der Waals surface area contributed by atoms with Gasteiger partial charge in [0.05, 0.1) is 35.5 Å². The summed E-state index contributed by atoms with van der Waals surface area (Å²) in [5, 5.41) is 14.5. The number of halogens is 1. The van der Waals surface area contributed by atoms with E-state index in [1.807, 2.05) is 18.2 Å². The summed E-state index contributed by atoms with van der Waals surface area (Å²) in [5.41, 5.74) is 7.56. The lowest BCUT2D eigenvalue weighted by molar-refractivity contribution is 0.0398. The highest BCUT2D eigenvalue weighted by atomic mass is 19.1. The molecular formula is C23H24FN7O. The summed E-state index contributed by atoms with van der Waals surface area (Å²) in [6, 6.07) is 13.4. The molecule has 1 aromatic carbocycles. The Balaban J connectivity index is 1.54. The van der Waals surface area contributed by atoms with Crippen LogP contribution in [-0.2, 0) is 12.1 Å². The number of nitrogens with zero attached hydrogens (tertiary/aromatic N) is 5. The quantitative estimate of drug-likeness (QED) is 0.311. The van der Waals surface area contributed by atoms with Crippen molar-refractivity contribution in [3.05, 3.63) is 71.4 Å². The molecule has 0 bridgehead atoms. The maximum absolute atomic E-state index is 14.2. The number of aliphatic hydroxyl groups is 1. The molecule has 2 aromatic heterocycles. The predicted octanol–water partition coefficient (Wildman–Crippen LogP) is 2.96. The van der Waals surface area contributed by atoms with E-state index in [0.29, 0.717) is 28.3 Å². The first-order valence-corrected chi connectivity index (χ1v) is 10.3. The fourth-order valence-electron chi connectivity index (χ4n) is 3.84. The topological polar surface area (TPSA) is 136 Å². The summed E-state index contributed by atoms with van der Waals surface area (Å²) >= 11 is 0. The number of nitrogens with two attached hydrogens (primary N) is 2. The molecule has 0 spiro atoms. The smallest absolute Gasteiger partial charge is 0.221 e. The predicted molar refractivity (Wildman–Crippen MR) is 121 cm³/mol. The molecule has 1 aliphatic rings. The van der Waals surface area contributed by atoms with E-state index in [1.165, 1.54) is 12.3 Å². The number of hydrogen-bond acceptors (Lipinski definition) is 8. The zero-order valence-corrected chi connectivity index (χ0v) is 17.4. The molecule has 9 heteroatoms. The van der Waals surface area contributed by atoms with Gasteiger partial charge in [0.2, 0.25) is 5.95 Å². The van der Waals surface area contributed by atoms with Crippen LogP contribution < -0.4 is 11.6 Å². The van der Waals surface area contributed by atoms with Gasteiger partial charge in [0.1, 0.15) is 17.1 Å². The summed E-state index contributed by atoms with van der Waals surface area (Å²) in [6.07, 6.45) is 4.89. The van der Waals surface area contributed by atoms with E-state index in [9.17, 15) is 9.50 Å². The average Bonchev–Trinajstić information content (AvgIpc) is 3.24. The number of rotatable bonds is 6. The fourth-order valence-corrected chi connectivity index (χ4v) is 3.84. The van der Waals surface area contributed by atoms with Crippen molar-refractivity contribution in [3.63, 3.8) is 0 Å². The molecule has 0 amide bonds. The Kier molecular flexibility index (Phi) is 6.18. The molecule has 1 aliphatic carbocycles. The van der Waals surface area contributed by atoms with E-state index < -0.39 is 11.4 Å². The highest BCUT2D eigenvalue weighted by Gasteiger charge is 2.34. The van der Waals surface area contributed by atoms with Crippen molar-refractivity contribution in [2.45, 2.75) is 37.8 Å². The van der Waals surface area contributed by atoms with Crippen molar-refractivity contribution in [3.8, 4) is 11.3 Å². The Labute approximate surface area is 185 Å². The molecule has 0 atom stereocenters. The fraction of sp³-hybridized carbons (Fsp3) is 0.261. The van der Waals surface area contributed by atoms with Gasteiger partial charge in [-0.1, -0.05) is 31.0 Å². The third-order valence-corrected chi connectivity index (χ3v) is 5.48. The van der Waals surface area contributed by atoms with Crippen LogP contribution in [0.3, 0.4) is 0 Å². The largest absolute Gasteiger partial charge is 0.384 e. The van der Waals surface area contributed by atoms with Crippen molar-refractivity contribution in [2.75, 3.05) is 5.73 Å². The van der Waals surface area contributed by atoms with Gasteiger partial charge in [0, 0.05) is 5.56 Å². The Hall–Kier alpha value is -3.72. The van der Waals surface area contributed by atoms with E-state index in [4.69, 9.17) is 11.6 Å². The van der Waals surface area contributed by atoms with E-state index >= 15 is 0 Å². The molecule has 0 saturated heterocycles. The van der Waals surface area contributed by atoms with Crippen LogP contribution in [0, 0.1) is 5.82 Å². The van der Waals surface area contributed by atoms with Gasteiger partial charge >= 0.3 is 0 Å². The molecular weight excluding hydrogens is 409 g/mol. The van der Waals surface area contributed by atoms with Crippen LogP contribution in [0.4, 0.5) is 10.3 Å². The van der Waals surface area contributed by atoms with Crippen LogP contribution >= 0.6 is 0 Å². The summed E-state index contributed by atoms with van der Waals surface area (Å²) < 4.78 is 14.2. The number of aliphatic imine (C=N–C) groups is 1. The summed E-state index contributed by atoms with van der Waals surface area (Å²) in [5.74, 6) is 5.09. The number of pyridine rings is 1. The molecule has 1 fully saturated rings. The van der Waals surface area contributed by atoms with Gasteiger partial charge in [-0.05, 0) is 43.2 Å². The summed E-state index contributed by atoms with van der Waals surface area (Å²) in [7, 11) is 0. The average molecular weight is 433 g/mol. The summed E-state index contributed by atoms with van der Waals surface area (Å²) in [4.78, 5) is 17.2. The first-order valence-electron chi connectivity index (χ1n) is 10.3. The molecule has 8 nitrogen and oxygen atoms in total. The minimum Gasteiger partial charge on any atom is -0.384 e. The molecule has 4 rings (SSSR count). The number of nitrogen functional groups attached to an aromatic ring is 1. The van der Waals surface area contributed by atoms with Crippen LogP contribution in [-0.4, -0.2) is 32.0 Å². The van der Waals surface area contributed by atoms with Crippen molar-refractivity contribution in [2.24, 2.45) is 15.9 Å². The molecule has 164 valence electrons. The van der Waals surface area contributed by atoms with E-state index in [1.54, 1.807) is 24.3 Å². The molecule has 32 heavy (non-hydrogen) atoms. The van der Waals surface area contributed by atoms with Gasteiger partial charge in [-0.3, -0.25) is 9.98 Å². The standard InChI is InChI=1S/C23H24FN7O/c24-17-8-2-1-7-16(17)18-12-19(30-22(25)29-18)20(31-26)14-27-13-15-6-5-9-21(28-15)23(32)10-3-4-11-23/h1-2,5-9,12,14,32H,3-4,10-11,13,26H2,(H2,25,29,30)/b27-14?,31-20+. The van der Waals surface area contributed by atoms with Gasteiger partial charge < -0.3 is 16.7 Å². The molecule has 2 heterocycles. The minimum atomic E-state index is -0.856. The number of hydrazone groups is 1. The van der Waals surface area contributed by atoms with Gasteiger partial charge in [-0.15, -0.1) is 0 Å². The zero-order valence-electron chi connectivity index (χ0n) is 17.4.